The third kappa shape index (κ3) is 2.30. The van der Waals surface area contributed by atoms with E-state index in [0.29, 0.717) is 6.10 Å². The Morgan fingerprint density at radius 2 is 2.14 bits per heavy atom. The molecule has 0 aromatic heterocycles. The average molecular weight is 255 g/mol. The summed E-state index contributed by atoms with van der Waals surface area (Å²) >= 11 is 3.45. The molecule has 0 N–H and O–H groups in total. The van der Waals surface area contributed by atoms with E-state index in [1.807, 2.05) is 6.07 Å². The van der Waals surface area contributed by atoms with Gasteiger partial charge in [0.05, 0.1) is 0 Å². The fourth-order valence-electron chi connectivity index (χ4n) is 1.88. The van der Waals surface area contributed by atoms with Crippen molar-refractivity contribution in [1.82, 2.24) is 0 Å². The Morgan fingerprint density at radius 1 is 1.29 bits per heavy atom. The molecule has 0 saturated carbocycles. The van der Waals surface area contributed by atoms with E-state index in [0.717, 1.165) is 17.5 Å². The predicted molar refractivity (Wildman–Crippen MR) is 62.2 cm³/mol. The normalized spacial score (nSPS) is 19.1. The van der Waals surface area contributed by atoms with Gasteiger partial charge in [0, 0.05) is 11.8 Å². The Hall–Kier alpha value is -0.500. The van der Waals surface area contributed by atoms with E-state index in [-0.39, 0.29) is 0 Å². The van der Waals surface area contributed by atoms with Crippen molar-refractivity contribution in [3.05, 3.63) is 29.8 Å². The first-order valence-electron chi connectivity index (χ1n) is 5.20. The van der Waals surface area contributed by atoms with Crippen molar-refractivity contribution in [1.29, 1.82) is 0 Å². The van der Waals surface area contributed by atoms with Crippen molar-refractivity contribution in [3.8, 4) is 5.75 Å². The number of halogens is 1. The summed E-state index contributed by atoms with van der Waals surface area (Å²) in [6.45, 7) is 0. The first-order chi connectivity index (χ1) is 6.90. The fraction of sp³-hybridized carbons (Fsp3) is 0.500. The minimum Gasteiger partial charge on any atom is -0.490 e. The third-order valence-corrected chi connectivity index (χ3v) is 3.18. The lowest BCUT2D eigenvalue weighted by Gasteiger charge is -2.09. The Morgan fingerprint density at radius 3 is 2.93 bits per heavy atom. The molecule has 1 atom stereocenters. The van der Waals surface area contributed by atoms with Crippen molar-refractivity contribution >= 4 is 15.9 Å². The van der Waals surface area contributed by atoms with Gasteiger partial charge >= 0.3 is 0 Å². The van der Waals surface area contributed by atoms with Gasteiger partial charge in [-0.15, -0.1) is 0 Å². The first-order valence-corrected chi connectivity index (χ1v) is 6.33. The monoisotopic (exact) mass is 254 g/mol. The number of benzene rings is 1. The van der Waals surface area contributed by atoms with Crippen LogP contribution in [-0.4, -0.2) is 11.4 Å². The van der Waals surface area contributed by atoms with Crippen molar-refractivity contribution in [2.45, 2.75) is 31.8 Å². The number of hydrogen-bond donors (Lipinski definition) is 0. The SMILES string of the molecule is BrCCCCC1Cc2ccccc2O1. The van der Waals surface area contributed by atoms with E-state index in [4.69, 9.17) is 4.74 Å². The average Bonchev–Trinajstić information content (AvgIpc) is 2.60. The van der Waals surface area contributed by atoms with Crippen molar-refractivity contribution in [3.63, 3.8) is 0 Å². The van der Waals surface area contributed by atoms with Crippen molar-refractivity contribution in [2.75, 3.05) is 5.33 Å². The lowest BCUT2D eigenvalue weighted by molar-refractivity contribution is 0.218. The van der Waals surface area contributed by atoms with Crippen LogP contribution in [0.3, 0.4) is 0 Å². The second kappa shape index (κ2) is 4.83. The largest absolute Gasteiger partial charge is 0.490 e. The standard InChI is InChI=1S/C12H15BrO/c13-8-4-3-6-11-9-10-5-1-2-7-12(10)14-11/h1-2,5,7,11H,3-4,6,8-9H2. The molecular formula is C12H15BrO. The predicted octanol–water partition coefficient (Wildman–Crippen LogP) is 3.56. The van der Waals surface area contributed by atoms with Crippen LogP contribution in [0.15, 0.2) is 24.3 Å². The van der Waals surface area contributed by atoms with Gasteiger partial charge in [-0.3, -0.25) is 0 Å². The molecule has 1 unspecified atom stereocenters. The molecule has 0 spiro atoms. The third-order valence-electron chi connectivity index (χ3n) is 2.62. The minimum absolute atomic E-state index is 0.423. The molecule has 0 amide bonds. The molecule has 0 fully saturated rings. The molecule has 1 heterocycles. The van der Waals surface area contributed by atoms with E-state index in [9.17, 15) is 0 Å². The highest BCUT2D eigenvalue weighted by Gasteiger charge is 2.21. The van der Waals surface area contributed by atoms with Crippen LogP contribution < -0.4 is 4.74 Å². The highest BCUT2D eigenvalue weighted by molar-refractivity contribution is 9.09. The van der Waals surface area contributed by atoms with E-state index in [1.165, 1.54) is 24.8 Å². The Bertz CT molecular complexity index is 273. The van der Waals surface area contributed by atoms with Crippen LogP contribution in [0.4, 0.5) is 0 Å². The van der Waals surface area contributed by atoms with Gasteiger partial charge in [0.2, 0.25) is 0 Å². The zero-order valence-electron chi connectivity index (χ0n) is 8.21. The summed E-state index contributed by atoms with van der Waals surface area (Å²) in [5.41, 5.74) is 1.37. The van der Waals surface area contributed by atoms with E-state index in [2.05, 4.69) is 34.1 Å². The van der Waals surface area contributed by atoms with Crippen LogP contribution in [0.2, 0.25) is 0 Å². The molecular weight excluding hydrogens is 240 g/mol. The molecule has 0 radical (unpaired) electrons. The van der Waals surface area contributed by atoms with Gasteiger partial charge in [-0.05, 0) is 30.9 Å². The summed E-state index contributed by atoms with van der Waals surface area (Å²) in [4.78, 5) is 0. The Labute approximate surface area is 93.6 Å². The number of ether oxygens (including phenoxy) is 1. The quantitative estimate of drug-likeness (QED) is 0.590. The number of unbranched alkanes of at least 4 members (excludes halogenated alkanes) is 1. The Kier molecular flexibility index (Phi) is 3.46. The Balaban J connectivity index is 1.86. The second-order valence-corrected chi connectivity index (χ2v) is 4.53. The number of hydrogen-bond acceptors (Lipinski definition) is 1. The maximum Gasteiger partial charge on any atom is 0.123 e. The van der Waals surface area contributed by atoms with Gasteiger partial charge in [-0.1, -0.05) is 34.1 Å². The maximum atomic E-state index is 5.84. The molecule has 76 valence electrons. The minimum atomic E-state index is 0.423. The zero-order chi connectivity index (χ0) is 9.80. The molecule has 1 aromatic rings. The first kappa shape index (κ1) is 10.0. The maximum absolute atomic E-state index is 5.84. The second-order valence-electron chi connectivity index (χ2n) is 3.74. The smallest absolute Gasteiger partial charge is 0.123 e. The summed E-state index contributed by atoms with van der Waals surface area (Å²) in [6.07, 6.45) is 5.20. The fourth-order valence-corrected chi connectivity index (χ4v) is 2.28. The molecule has 14 heavy (non-hydrogen) atoms. The highest BCUT2D eigenvalue weighted by Crippen LogP contribution is 2.30. The van der Waals surface area contributed by atoms with Crippen molar-refractivity contribution in [2.24, 2.45) is 0 Å². The summed E-state index contributed by atoms with van der Waals surface area (Å²) in [6, 6.07) is 8.36. The number of fused-ring (bicyclic) bond motifs is 1. The summed E-state index contributed by atoms with van der Waals surface area (Å²) in [7, 11) is 0. The molecule has 0 aliphatic carbocycles. The van der Waals surface area contributed by atoms with Crippen LogP contribution in [0.25, 0.3) is 0 Å². The zero-order valence-corrected chi connectivity index (χ0v) is 9.79. The summed E-state index contributed by atoms with van der Waals surface area (Å²) in [5, 5.41) is 1.10. The number of para-hydroxylation sites is 1. The van der Waals surface area contributed by atoms with Gasteiger partial charge < -0.3 is 4.74 Å². The van der Waals surface area contributed by atoms with Gasteiger partial charge in [0.1, 0.15) is 11.9 Å². The molecule has 0 bridgehead atoms. The topological polar surface area (TPSA) is 9.23 Å². The molecule has 1 aromatic carbocycles. The van der Waals surface area contributed by atoms with Crippen LogP contribution in [0.1, 0.15) is 24.8 Å². The van der Waals surface area contributed by atoms with Gasteiger partial charge in [0.15, 0.2) is 0 Å². The van der Waals surface area contributed by atoms with Crippen LogP contribution in [-0.2, 0) is 6.42 Å². The number of alkyl halides is 1. The van der Waals surface area contributed by atoms with E-state index in [1.54, 1.807) is 0 Å². The number of rotatable bonds is 4. The molecule has 0 saturated heterocycles. The molecule has 1 nitrogen and oxygen atoms in total. The van der Waals surface area contributed by atoms with Crippen LogP contribution in [0, 0.1) is 0 Å². The van der Waals surface area contributed by atoms with Crippen molar-refractivity contribution < 1.29 is 4.74 Å². The summed E-state index contributed by atoms with van der Waals surface area (Å²) < 4.78 is 5.84. The lowest BCUT2D eigenvalue weighted by Crippen LogP contribution is -2.12. The van der Waals surface area contributed by atoms with Gasteiger partial charge in [0.25, 0.3) is 0 Å². The summed E-state index contributed by atoms with van der Waals surface area (Å²) in [5.74, 6) is 1.09. The van der Waals surface area contributed by atoms with Gasteiger partial charge in [-0.2, -0.15) is 0 Å². The highest BCUT2D eigenvalue weighted by atomic mass is 79.9. The molecule has 1 aliphatic rings. The van der Waals surface area contributed by atoms with E-state index < -0.39 is 0 Å². The van der Waals surface area contributed by atoms with Crippen LogP contribution >= 0.6 is 15.9 Å². The molecule has 1 aliphatic heterocycles. The lowest BCUT2D eigenvalue weighted by atomic mass is 10.1. The molecule has 2 rings (SSSR count). The van der Waals surface area contributed by atoms with Gasteiger partial charge in [-0.25, -0.2) is 0 Å². The van der Waals surface area contributed by atoms with Crippen LogP contribution in [0.5, 0.6) is 5.75 Å². The van der Waals surface area contributed by atoms with E-state index >= 15 is 0 Å². The molecule has 2 heteroatoms.